The van der Waals surface area contributed by atoms with Crippen molar-refractivity contribution in [2.24, 2.45) is 23.7 Å². The molecule has 0 N–H and O–H groups in total. The van der Waals surface area contributed by atoms with Gasteiger partial charge >= 0.3 is 6.01 Å². The maximum absolute atomic E-state index is 5.70. The number of benzene rings is 1. The zero-order chi connectivity index (χ0) is 16.7. The Labute approximate surface area is 146 Å². The molecule has 4 heteroatoms. The van der Waals surface area contributed by atoms with Crippen LogP contribution in [-0.4, -0.2) is 24.2 Å². The molecule has 4 bridgehead atoms. The molecule has 7 rings (SSSR count). The first-order valence-electron chi connectivity index (χ1n) is 9.08. The number of ether oxygens (including phenoxy) is 2. The number of hydrogen-bond acceptors (Lipinski definition) is 4. The molecule has 0 unspecified atom stereocenters. The normalized spacial score (nSPS) is 35.3. The summed E-state index contributed by atoms with van der Waals surface area (Å²) in [5, 5.41) is 0. The van der Waals surface area contributed by atoms with E-state index in [9.17, 15) is 0 Å². The highest BCUT2D eigenvalue weighted by Crippen LogP contribution is 2.68. The Hall–Kier alpha value is -2.36. The minimum atomic E-state index is 0.326. The van der Waals surface area contributed by atoms with Crippen LogP contribution >= 0.6 is 0 Å². The van der Waals surface area contributed by atoms with Crippen LogP contribution in [0, 0.1) is 23.7 Å². The number of fused-ring (bicyclic) bond motifs is 2. The van der Waals surface area contributed by atoms with Gasteiger partial charge in [-0.05, 0) is 41.2 Å². The Bertz CT molecular complexity index is 922. The zero-order valence-electron chi connectivity index (χ0n) is 14.3. The van der Waals surface area contributed by atoms with Crippen molar-refractivity contribution < 1.29 is 9.47 Å². The smallest absolute Gasteiger partial charge is 0.319 e. The van der Waals surface area contributed by atoms with Crippen LogP contribution in [0.25, 0.3) is 0 Å². The van der Waals surface area contributed by atoms with Gasteiger partial charge in [-0.1, -0.05) is 36.4 Å². The van der Waals surface area contributed by atoms with Crippen LogP contribution in [0.2, 0.25) is 0 Å². The van der Waals surface area contributed by atoms with Crippen LogP contribution in [0.5, 0.6) is 11.9 Å². The van der Waals surface area contributed by atoms with Crippen molar-refractivity contribution in [3.05, 3.63) is 58.8 Å². The molecule has 0 aliphatic heterocycles. The van der Waals surface area contributed by atoms with Crippen LogP contribution in [0.15, 0.2) is 36.4 Å². The average Bonchev–Trinajstić information content (AvgIpc) is 3.29. The van der Waals surface area contributed by atoms with Crippen LogP contribution in [0.1, 0.15) is 40.6 Å². The molecule has 1 fully saturated rings. The molecule has 1 aromatic carbocycles. The summed E-state index contributed by atoms with van der Waals surface area (Å²) < 4.78 is 11.1. The fourth-order valence-corrected chi connectivity index (χ4v) is 6.23. The lowest BCUT2D eigenvalue weighted by Crippen LogP contribution is -2.42. The molecule has 1 saturated carbocycles. The van der Waals surface area contributed by atoms with E-state index in [2.05, 4.69) is 41.4 Å². The van der Waals surface area contributed by atoms with E-state index in [1.54, 1.807) is 14.2 Å². The Morgan fingerprint density at radius 3 is 2.24 bits per heavy atom. The van der Waals surface area contributed by atoms with Crippen molar-refractivity contribution in [2.75, 3.05) is 14.2 Å². The molecule has 4 nitrogen and oxygen atoms in total. The van der Waals surface area contributed by atoms with Crippen LogP contribution in [0.3, 0.4) is 0 Å². The fraction of sp³-hybridized carbons (Fsp3) is 0.429. The first-order valence-corrected chi connectivity index (χ1v) is 9.08. The molecule has 1 aromatic heterocycles. The monoisotopic (exact) mass is 332 g/mol. The van der Waals surface area contributed by atoms with Crippen molar-refractivity contribution in [1.29, 1.82) is 0 Å². The quantitative estimate of drug-likeness (QED) is 0.789. The highest BCUT2D eigenvalue weighted by molar-refractivity contribution is 5.59. The minimum absolute atomic E-state index is 0.326. The number of allylic oxidation sites excluding steroid dienone is 2. The van der Waals surface area contributed by atoms with Gasteiger partial charge in [-0.25, -0.2) is 0 Å². The maximum Gasteiger partial charge on any atom is 0.319 e. The molecule has 0 amide bonds. The molecule has 0 spiro atoms. The van der Waals surface area contributed by atoms with Gasteiger partial charge in [-0.2, -0.15) is 9.97 Å². The SMILES string of the molecule is COc1nc(OC)c2c(n1)[C@@H]1c3ccccc3[C@H]2[C@H]2[C@@H]1[C@@H]1C=C[C@H]2C1. The Balaban J connectivity index is 1.68. The molecule has 1 heterocycles. The van der Waals surface area contributed by atoms with Gasteiger partial charge in [-0.3, -0.25) is 0 Å². The van der Waals surface area contributed by atoms with Crippen LogP contribution < -0.4 is 9.47 Å². The van der Waals surface area contributed by atoms with E-state index in [4.69, 9.17) is 14.5 Å². The molecule has 126 valence electrons. The van der Waals surface area contributed by atoms with Gasteiger partial charge in [0, 0.05) is 17.4 Å². The van der Waals surface area contributed by atoms with E-state index in [1.165, 1.54) is 23.1 Å². The Kier molecular flexibility index (Phi) is 2.57. The van der Waals surface area contributed by atoms with Crippen molar-refractivity contribution in [1.82, 2.24) is 9.97 Å². The maximum atomic E-state index is 5.70. The number of hydrogen-bond donors (Lipinski definition) is 0. The van der Waals surface area contributed by atoms with E-state index >= 15 is 0 Å². The van der Waals surface area contributed by atoms with Crippen LogP contribution in [0.4, 0.5) is 0 Å². The van der Waals surface area contributed by atoms with E-state index in [1.807, 2.05) is 0 Å². The van der Waals surface area contributed by atoms with E-state index < -0.39 is 0 Å². The summed E-state index contributed by atoms with van der Waals surface area (Å²) in [6, 6.07) is 9.33. The second kappa shape index (κ2) is 4.63. The number of rotatable bonds is 2. The van der Waals surface area contributed by atoms with Crippen LogP contribution in [-0.2, 0) is 0 Å². The summed E-state index contributed by atoms with van der Waals surface area (Å²) in [7, 11) is 3.33. The molecule has 5 aliphatic rings. The predicted octanol–water partition coefficient (Wildman–Crippen LogP) is 3.52. The number of aromatic nitrogens is 2. The van der Waals surface area contributed by atoms with Gasteiger partial charge in [0.05, 0.1) is 19.9 Å². The van der Waals surface area contributed by atoms with Crippen molar-refractivity contribution in [3.63, 3.8) is 0 Å². The summed E-state index contributed by atoms with van der Waals surface area (Å²) in [4.78, 5) is 9.35. The molecule has 0 radical (unpaired) electrons. The van der Waals surface area contributed by atoms with Gasteiger partial charge < -0.3 is 9.47 Å². The summed E-state index contributed by atoms with van der Waals surface area (Å²) in [6.07, 6.45) is 6.19. The first-order chi connectivity index (χ1) is 12.3. The predicted molar refractivity (Wildman–Crippen MR) is 93.0 cm³/mol. The van der Waals surface area contributed by atoms with Crippen molar-refractivity contribution in [2.45, 2.75) is 18.3 Å². The standard InChI is InChI=1S/C21H20N2O2/c1-24-20-18-16-12-5-3-4-6-13(12)17(19(18)22-21(23-20)25-2)15-11-8-7-10(9-11)14(15)16/h3-8,10-11,14-17H,9H2,1-2H3/t10-,11+,14+,15-,16-,17+/m0/s1. The number of nitrogens with zero attached hydrogens (tertiary/aromatic N) is 2. The zero-order valence-corrected chi connectivity index (χ0v) is 14.3. The Morgan fingerprint density at radius 2 is 1.56 bits per heavy atom. The molecular weight excluding hydrogens is 312 g/mol. The summed E-state index contributed by atoms with van der Waals surface area (Å²) in [5.74, 6) is 4.00. The largest absolute Gasteiger partial charge is 0.481 e. The van der Waals surface area contributed by atoms with E-state index in [0.717, 1.165) is 5.69 Å². The highest BCUT2D eigenvalue weighted by Gasteiger charge is 2.60. The first kappa shape index (κ1) is 13.9. The third kappa shape index (κ3) is 1.54. The Morgan fingerprint density at radius 1 is 0.880 bits per heavy atom. The van der Waals surface area contributed by atoms with Gasteiger partial charge in [0.15, 0.2) is 0 Å². The van der Waals surface area contributed by atoms with E-state index in [-0.39, 0.29) is 0 Å². The van der Waals surface area contributed by atoms with Gasteiger partial charge in [-0.15, -0.1) is 0 Å². The third-order valence-electron chi connectivity index (χ3n) is 6.92. The average molecular weight is 332 g/mol. The van der Waals surface area contributed by atoms with E-state index in [0.29, 0.717) is 47.4 Å². The lowest BCUT2D eigenvalue weighted by atomic mass is 9.53. The second-order valence-corrected chi connectivity index (χ2v) is 7.71. The molecule has 2 aromatic rings. The molecular formula is C21H20N2O2. The third-order valence-corrected chi connectivity index (χ3v) is 6.92. The molecule has 5 aliphatic carbocycles. The highest BCUT2D eigenvalue weighted by atomic mass is 16.5. The second-order valence-electron chi connectivity index (χ2n) is 7.71. The van der Waals surface area contributed by atoms with Crippen molar-refractivity contribution >= 4 is 0 Å². The fourth-order valence-electron chi connectivity index (χ4n) is 6.23. The summed E-state index contributed by atoms with van der Waals surface area (Å²) in [5.41, 5.74) is 5.24. The van der Waals surface area contributed by atoms with Gasteiger partial charge in [0.25, 0.3) is 0 Å². The van der Waals surface area contributed by atoms with Gasteiger partial charge in [0.1, 0.15) is 0 Å². The van der Waals surface area contributed by atoms with Gasteiger partial charge in [0.2, 0.25) is 5.88 Å². The molecule has 25 heavy (non-hydrogen) atoms. The number of methoxy groups -OCH3 is 2. The van der Waals surface area contributed by atoms with Crippen molar-refractivity contribution in [3.8, 4) is 11.9 Å². The lowest BCUT2D eigenvalue weighted by molar-refractivity contribution is 0.201. The lowest BCUT2D eigenvalue weighted by Gasteiger charge is -2.50. The topological polar surface area (TPSA) is 44.2 Å². The molecule has 0 saturated heterocycles. The minimum Gasteiger partial charge on any atom is -0.481 e. The molecule has 6 atom stereocenters. The summed E-state index contributed by atoms with van der Waals surface area (Å²) in [6.45, 7) is 0. The summed E-state index contributed by atoms with van der Waals surface area (Å²) >= 11 is 0.